The van der Waals surface area contributed by atoms with Crippen molar-refractivity contribution in [2.24, 2.45) is 7.05 Å². The van der Waals surface area contributed by atoms with Crippen LogP contribution in [0.4, 0.5) is 5.69 Å². The average molecular weight is 372 g/mol. The standard InChI is InChI=1S/C19H24N4O2S/c1-13-10-15(19(25)23-6-8-26-9-7-23)4-5-17(13)20-18(24)11-16-12-22(3)21-14(16)2/h4-5,10,12H,6-9,11H2,1-3H3,(H,20,24). The maximum atomic E-state index is 12.6. The summed E-state index contributed by atoms with van der Waals surface area (Å²) in [5.41, 5.74) is 4.08. The van der Waals surface area contributed by atoms with Gasteiger partial charge in [-0.25, -0.2) is 0 Å². The lowest BCUT2D eigenvalue weighted by Crippen LogP contribution is -2.37. The Hall–Kier alpha value is -2.28. The molecule has 2 aromatic rings. The normalized spacial score (nSPS) is 14.3. The Balaban J connectivity index is 1.66. The van der Waals surface area contributed by atoms with Crippen LogP contribution in [0.3, 0.4) is 0 Å². The fraction of sp³-hybridized carbons (Fsp3) is 0.421. The highest BCUT2D eigenvalue weighted by molar-refractivity contribution is 7.99. The third-order valence-electron chi connectivity index (χ3n) is 4.51. The Morgan fingerprint density at radius 1 is 1.23 bits per heavy atom. The fourth-order valence-electron chi connectivity index (χ4n) is 3.08. The molecule has 1 fully saturated rings. The van der Waals surface area contributed by atoms with Crippen molar-refractivity contribution in [3.05, 3.63) is 46.8 Å². The van der Waals surface area contributed by atoms with Gasteiger partial charge in [0.1, 0.15) is 0 Å². The van der Waals surface area contributed by atoms with Crippen molar-refractivity contribution in [1.82, 2.24) is 14.7 Å². The Kier molecular flexibility index (Phi) is 5.66. The van der Waals surface area contributed by atoms with Crippen LogP contribution in [-0.2, 0) is 18.3 Å². The number of benzene rings is 1. The van der Waals surface area contributed by atoms with Crippen LogP contribution in [0, 0.1) is 13.8 Å². The van der Waals surface area contributed by atoms with Crippen molar-refractivity contribution in [2.45, 2.75) is 20.3 Å². The Morgan fingerprint density at radius 3 is 2.58 bits per heavy atom. The van der Waals surface area contributed by atoms with Crippen molar-refractivity contribution in [3.8, 4) is 0 Å². The quantitative estimate of drug-likeness (QED) is 0.895. The van der Waals surface area contributed by atoms with Crippen molar-refractivity contribution in [2.75, 3.05) is 29.9 Å². The summed E-state index contributed by atoms with van der Waals surface area (Å²) in [7, 11) is 1.84. The van der Waals surface area contributed by atoms with E-state index < -0.39 is 0 Å². The minimum atomic E-state index is -0.0867. The van der Waals surface area contributed by atoms with Gasteiger partial charge in [-0.05, 0) is 37.6 Å². The molecule has 1 aromatic carbocycles. The molecule has 1 saturated heterocycles. The highest BCUT2D eigenvalue weighted by Crippen LogP contribution is 2.20. The summed E-state index contributed by atoms with van der Waals surface area (Å²) in [5.74, 6) is 1.97. The van der Waals surface area contributed by atoms with Crippen molar-refractivity contribution in [1.29, 1.82) is 0 Å². The molecule has 2 heterocycles. The van der Waals surface area contributed by atoms with Crippen LogP contribution >= 0.6 is 11.8 Å². The number of hydrogen-bond donors (Lipinski definition) is 1. The molecule has 2 amide bonds. The molecule has 1 aliphatic rings. The first kappa shape index (κ1) is 18.5. The Bertz CT molecular complexity index is 825. The van der Waals surface area contributed by atoms with Gasteiger partial charge in [-0.1, -0.05) is 0 Å². The van der Waals surface area contributed by atoms with Crippen LogP contribution < -0.4 is 5.32 Å². The third-order valence-corrected chi connectivity index (χ3v) is 5.45. The summed E-state index contributed by atoms with van der Waals surface area (Å²) in [4.78, 5) is 26.8. The average Bonchev–Trinajstić information content (AvgIpc) is 2.94. The lowest BCUT2D eigenvalue weighted by atomic mass is 10.1. The van der Waals surface area contributed by atoms with Gasteiger partial charge in [0.05, 0.1) is 12.1 Å². The minimum Gasteiger partial charge on any atom is -0.337 e. The van der Waals surface area contributed by atoms with Gasteiger partial charge in [-0.3, -0.25) is 14.3 Å². The zero-order valence-electron chi connectivity index (χ0n) is 15.4. The van der Waals surface area contributed by atoms with Crippen LogP contribution in [0.1, 0.15) is 27.2 Å². The molecule has 0 spiro atoms. The van der Waals surface area contributed by atoms with Gasteiger partial charge in [-0.2, -0.15) is 16.9 Å². The monoisotopic (exact) mass is 372 g/mol. The zero-order valence-corrected chi connectivity index (χ0v) is 16.2. The number of amides is 2. The summed E-state index contributed by atoms with van der Waals surface area (Å²) < 4.78 is 1.71. The van der Waals surface area contributed by atoms with Crippen molar-refractivity contribution >= 4 is 29.3 Å². The number of carbonyl (C=O) groups excluding carboxylic acids is 2. The second-order valence-corrected chi connectivity index (χ2v) is 7.80. The third kappa shape index (κ3) is 4.27. The van der Waals surface area contributed by atoms with Gasteiger partial charge in [0.25, 0.3) is 5.91 Å². The summed E-state index contributed by atoms with van der Waals surface area (Å²) >= 11 is 1.88. The smallest absolute Gasteiger partial charge is 0.253 e. The fourth-order valence-corrected chi connectivity index (χ4v) is 3.98. The maximum Gasteiger partial charge on any atom is 0.253 e. The van der Waals surface area contributed by atoms with Gasteiger partial charge >= 0.3 is 0 Å². The van der Waals surface area contributed by atoms with E-state index in [1.807, 2.05) is 55.9 Å². The minimum absolute atomic E-state index is 0.0669. The molecular formula is C19H24N4O2S. The summed E-state index contributed by atoms with van der Waals surface area (Å²) in [6, 6.07) is 5.46. The number of rotatable bonds is 4. The van der Waals surface area contributed by atoms with Gasteiger partial charge < -0.3 is 10.2 Å². The van der Waals surface area contributed by atoms with Crippen LogP contribution in [-0.4, -0.2) is 51.1 Å². The Morgan fingerprint density at radius 2 is 1.96 bits per heavy atom. The molecule has 0 bridgehead atoms. The first-order chi connectivity index (χ1) is 12.4. The largest absolute Gasteiger partial charge is 0.337 e. The van der Waals surface area contributed by atoms with Crippen LogP contribution in [0.15, 0.2) is 24.4 Å². The van der Waals surface area contributed by atoms with Gasteiger partial charge in [0.15, 0.2) is 0 Å². The molecule has 7 heteroatoms. The molecule has 0 radical (unpaired) electrons. The Labute approximate surface area is 157 Å². The number of thioether (sulfide) groups is 1. The van der Waals surface area contributed by atoms with Gasteiger partial charge in [0.2, 0.25) is 5.91 Å². The second kappa shape index (κ2) is 7.95. The molecule has 0 unspecified atom stereocenters. The SMILES string of the molecule is Cc1cc(C(=O)N2CCSCC2)ccc1NC(=O)Cc1cn(C)nc1C. The first-order valence-corrected chi connectivity index (χ1v) is 9.86. The summed E-state index contributed by atoms with van der Waals surface area (Å²) in [6.07, 6.45) is 2.14. The van der Waals surface area contributed by atoms with Crippen molar-refractivity contribution in [3.63, 3.8) is 0 Å². The van der Waals surface area contributed by atoms with E-state index in [0.717, 1.165) is 47.1 Å². The lowest BCUT2D eigenvalue weighted by molar-refractivity contribution is -0.115. The van der Waals surface area contributed by atoms with E-state index in [1.54, 1.807) is 10.7 Å². The van der Waals surface area contributed by atoms with Gasteiger partial charge in [0, 0.05) is 54.7 Å². The van der Waals surface area contributed by atoms with Gasteiger partial charge in [-0.15, -0.1) is 0 Å². The second-order valence-electron chi connectivity index (χ2n) is 6.57. The maximum absolute atomic E-state index is 12.6. The van der Waals surface area contributed by atoms with E-state index in [0.29, 0.717) is 5.56 Å². The van der Waals surface area contributed by atoms with Crippen LogP contribution in [0.25, 0.3) is 0 Å². The molecule has 1 N–H and O–H groups in total. The molecule has 0 atom stereocenters. The van der Waals surface area contributed by atoms with Crippen LogP contribution in [0.5, 0.6) is 0 Å². The highest BCUT2D eigenvalue weighted by atomic mass is 32.2. The molecule has 138 valence electrons. The molecule has 0 saturated carbocycles. The van der Waals surface area contributed by atoms with Crippen LogP contribution in [0.2, 0.25) is 0 Å². The number of anilines is 1. The van der Waals surface area contributed by atoms with E-state index >= 15 is 0 Å². The number of nitrogens with one attached hydrogen (secondary N) is 1. The number of nitrogens with zero attached hydrogens (tertiary/aromatic N) is 3. The van der Waals surface area contributed by atoms with E-state index in [2.05, 4.69) is 10.4 Å². The van der Waals surface area contributed by atoms with E-state index in [4.69, 9.17) is 0 Å². The molecule has 6 nitrogen and oxygen atoms in total. The first-order valence-electron chi connectivity index (χ1n) is 8.70. The number of aryl methyl sites for hydroxylation is 3. The van der Waals surface area contributed by atoms with E-state index in [1.165, 1.54) is 0 Å². The number of aromatic nitrogens is 2. The molecule has 1 aromatic heterocycles. The molecule has 1 aliphatic heterocycles. The number of carbonyl (C=O) groups is 2. The topological polar surface area (TPSA) is 67.2 Å². The lowest BCUT2D eigenvalue weighted by Gasteiger charge is -2.26. The summed E-state index contributed by atoms with van der Waals surface area (Å²) in [5, 5.41) is 7.19. The van der Waals surface area contributed by atoms with Crippen molar-refractivity contribution < 1.29 is 9.59 Å². The molecular weight excluding hydrogens is 348 g/mol. The summed E-state index contributed by atoms with van der Waals surface area (Å²) in [6.45, 7) is 5.40. The molecule has 3 rings (SSSR count). The molecule has 0 aliphatic carbocycles. The van der Waals surface area contributed by atoms with E-state index in [-0.39, 0.29) is 18.2 Å². The molecule has 26 heavy (non-hydrogen) atoms. The van der Waals surface area contributed by atoms with E-state index in [9.17, 15) is 9.59 Å². The predicted molar refractivity (Wildman–Crippen MR) is 105 cm³/mol. The highest BCUT2D eigenvalue weighted by Gasteiger charge is 2.19. The number of hydrogen-bond acceptors (Lipinski definition) is 4. The zero-order chi connectivity index (χ0) is 18.7. The predicted octanol–water partition coefficient (Wildman–Crippen LogP) is 2.41.